The number of rotatable bonds is 2. The molecular weight excluding hydrogens is 160 g/mol. The van der Waals surface area contributed by atoms with Gasteiger partial charge in [0, 0.05) is 0 Å². The summed E-state index contributed by atoms with van der Waals surface area (Å²) >= 11 is 0. The monoisotopic (exact) mass is 178 g/mol. The third-order valence-corrected chi connectivity index (χ3v) is 2.06. The third-order valence-electron chi connectivity index (χ3n) is 2.06. The summed E-state index contributed by atoms with van der Waals surface area (Å²) in [7, 11) is 0. The quantitative estimate of drug-likeness (QED) is 0.466. The first-order valence-electron chi connectivity index (χ1n) is 4.79. The van der Waals surface area contributed by atoms with Crippen molar-refractivity contribution in [2.24, 2.45) is 0 Å². The van der Waals surface area contributed by atoms with Crippen molar-refractivity contribution < 1.29 is 4.74 Å². The maximum absolute atomic E-state index is 5.64. The van der Waals surface area contributed by atoms with Crippen LogP contribution >= 0.6 is 0 Å². The topological polar surface area (TPSA) is 9.23 Å². The molecule has 0 aromatic carbocycles. The van der Waals surface area contributed by atoms with Gasteiger partial charge < -0.3 is 4.74 Å². The van der Waals surface area contributed by atoms with Crippen LogP contribution in [0.4, 0.5) is 0 Å². The molecule has 1 aliphatic heterocycles. The second kappa shape index (κ2) is 5.03. The average Bonchev–Trinajstić information content (AvgIpc) is 2.26. The van der Waals surface area contributed by atoms with Gasteiger partial charge >= 0.3 is 0 Å². The molecule has 0 aliphatic carbocycles. The third kappa shape index (κ3) is 4.09. The van der Waals surface area contributed by atoms with Crippen molar-refractivity contribution >= 4 is 0 Å². The van der Waals surface area contributed by atoms with E-state index in [0.717, 1.165) is 25.0 Å². The number of hydrogen-bond donors (Lipinski definition) is 0. The van der Waals surface area contributed by atoms with Crippen molar-refractivity contribution in [3.63, 3.8) is 0 Å². The maximum Gasteiger partial charge on any atom is 0.0796 e. The Morgan fingerprint density at radius 3 is 3.15 bits per heavy atom. The smallest absolute Gasteiger partial charge is 0.0796 e. The summed E-state index contributed by atoms with van der Waals surface area (Å²) in [6.07, 6.45) is 8.70. The van der Waals surface area contributed by atoms with Gasteiger partial charge in [0.15, 0.2) is 0 Å². The van der Waals surface area contributed by atoms with Crippen molar-refractivity contribution in [2.45, 2.75) is 32.8 Å². The highest BCUT2D eigenvalue weighted by atomic mass is 16.5. The van der Waals surface area contributed by atoms with E-state index in [1.807, 2.05) is 13.0 Å². The molecule has 0 aromatic heterocycles. The van der Waals surface area contributed by atoms with Gasteiger partial charge in [-0.2, -0.15) is 0 Å². The van der Waals surface area contributed by atoms with E-state index in [4.69, 9.17) is 4.74 Å². The Kier molecular flexibility index (Phi) is 3.97. The van der Waals surface area contributed by atoms with Crippen molar-refractivity contribution in [2.75, 3.05) is 6.61 Å². The molecule has 1 heterocycles. The Hall–Kier alpha value is -0.820. The molecule has 0 saturated heterocycles. The largest absolute Gasteiger partial charge is 0.373 e. The first-order valence-corrected chi connectivity index (χ1v) is 4.79. The van der Waals surface area contributed by atoms with Gasteiger partial charge in [0.25, 0.3) is 0 Å². The van der Waals surface area contributed by atoms with Crippen molar-refractivity contribution in [1.29, 1.82) is 0 Å². The predicted octanol–water partition coefficient (Wildman–Crippen LogP) is 3.24. The summed E-state index contributed by atoms with van der Waals surface area (Å²) in [5, 5.41) is 0. The van der Waals surface area contributed by atoms with E-state index in [0.29, 0.717) is 0 Å². The minimum atomic E-state index is 0.246. The first-order chi connectivity index (χ1) is 6.18. The van der Waals surface area contributed by atoms with Crippen LogP contribution in [0.3, 0.4) is 0 Å². The summed E-state index contributed by atoms with van der Waals surface area (Å²) < 4.78 is 5.64. The maximum atomic E-state index is 5.64. The normalized spacial score (nSPS) is 24.2. The fraction of sp³-hybridized carbons (Fsp3) is 0.500. The summed E-state index contributed by atoms with van der Waals surface area (Å²) in [6.45, 7) is 8.82. The summed E-state index contributed by atoms with van der Waals surface area (Å²) in [4.78, 5) is 0. The van der Waals surface area contributed by atoms with E-state index in [1.165, 1.54) is 5.57 Å². The fourth-order valence-electron chi connectivity index (χ4n) is 1.38. The molecular formula is C12H18O. The van der Waals surface area contributed by atoms with Gasteiger partial charge in [0.2, 0.25) is 0 Å². The van der Waals surface area contributed by atoms with E-state index in [-0.39, 0.29) is 6.10 Å². The van der Waals surface area contributed by atoms with Crippen LogP contribution in [0.1, 0.15) is 26.7 Å². The van der Waals surface area contributed by atoms with E-state index in [9.17, 15) is 0 Å². The van der Waals surface area contributed by atoms with Crippen LogP contribution in [-0.4, -0.2) is 12.7 Å². The fourth-order valence-corrected chi connectivity index (χ4v) is 1.38. The minimum Gasteiger partial charge on any atom is -0.373 e. The number of allylic oxidation sites excluding steroid dienone is 2. The Bertz CT molecular complexity index is 236. The molecule has 1 atom stereocenters. The Balaban J connectivity index is 2.50. The lowest BCUT2D eigenvalue weighted by Crippen LogP contribution is -2.08. The lowest BCUT2D eigenvalue weighted by atomic mass is 10.1. The Labute approximate surface area is 80.8 Å². The molecule has 0 radical (unpaired) electrons. The predicted molar refractivity (Wildman–Crippen MR) is 56.7 cm³/mol. The second-order valence-corrected chi connectivity index (χ2v) is 3.66. The van der Waals surface area contributed by atoms with E-state index >= 15 is 0 Å². The lowest BCUT2D eigenvalue weighted by Gasteiger charge is -2.10. The van der Waals surface area contributed by atoms with Gasteiger partial charge in [-0.05, 0) is 26.7 Å². The van der Waals surface area contributed by atoms with E-state index in [1.54, 1.807) is 0 Å². The van der Waals surface area contributed by atoms with Gasteiger partial charge in [-0.3, -0.25) is 0 Å². The van der Waals surface area contributed by atoms with E-state index < -0.39 is 0 Å². The summed E-state index contributed by atoms with van der Waals surface area (Å²) in [5.74, 6) is 0. The second-order valence-electron chi connectivity index (χ2n) is 3.66. The molecule has 0 amide bonds. The molecule has 0 N–H and O–H groups in total. The molecule has 13 heavy (non-hydrogen) atoms. The lowest BCUT2D eigenvalue weighted by molar-refractivity contribution is 0.0940. The molecule has 1 unspecified atom stereocenters. The average molecular weight is 178 g/mol. The molecule has 1 aliphatic rings. The molecule has 0 bridgehead atoms. The molecule has 0 spiro atoms. The Morgan fingerprint density at radius 1 is 1.69 bits per heavy atom. The summed E-state index contributed by atoms with van der Waals surface area (Å²) in [5.41, 5.74) is 2.50. The van der Waals surface area contributed by atoms with Crippen LogP contribution in [0.15, 0.2) is 36.0 Å². The minimum absolute atomic E-state index is 0.246. The van der Waals surface area contributed by atoms with Crippen LogP contribution < -0.4 is 0 Å². The molecule has 1 rings (SSSR count). The van der Waals surface area contributed by atoms with Crippen molar-refractivity contribution in [3.8, 4) is 0 Å². The molecule has 0 aromatic rings. The first kappa shape index (κ1) is 10.3. The molecule has 1 heteroatoms. The van der Waals surface area contributed by atoms with E-state index in [2.05, 4.69) is 25.7 Å². The molecule has 72 valence electrons. The molecule has 0 saturated carbocycles. The van der Waals surface area contributed by atoms with Crippen molar-refractivity contribution in [1.82, 2.24) is 0 Å². The Morgan fingerprint density at radius 2 is 2.46 bits per heavy atom. The molecule has 1 nitrogen and oxygen atoms in total. The SMILES string of the molecule is C=C(C)/C=C/C1CC(C)=CCCO1. The standard InChI is InChI=1S/C12H18O/c1-10(2)6-7-12-9-11(3)5-4-8-13-12/h5-7,12H,1,4,8-9H2,2-3H3/b7-6+. The number of ether oxygens (including phenoxy) is 1. The van der Waals surface area contributed by atoms with Gasteiger partial charge in [-0.25, -0.2) is 0 Å². The van der Waals surface area contributed by atoms with Crippen LogP contribution in [-0.2, 0) is 4.74 Å². The van der Waals surface area contributed by atoms with Gasteiger partial charge in [-0.15, -0.1) is 0 Å². The zero-order valence-electron chi connectivity index (χ0n) is 8.55. The molecule has 0 fully saturated rings. The van der Waals surface area contributed by atoms with Gasteiger partial charge in [0.05, 0.1) is 12.7 Å². The van der Waals surface area contributed by atoms with Crippen LogP contribution in [0.2, 0.25) is 0 Å². The van der Waals surface area contributed by atoms with Crippen LogP contribution in [0.25, 0.3) is 0 Å². The summed E-state index contributed by atoms with van der Waals surface area (Å²) in [6, 6.07) is 0. The zero-order chi connectivity index (χ0) is 9.68. The highest BCUT2D eigenvalue weighted by Gasteiger charge is 2.08. The van der Waals surface area contributed by atoms with Gasteiger partial charge in [-0.1, -0.05) is 36.0 Å². The zero-order valence-corrected chi connectivity index (χ0v) is 8.55. The highest BCUT2D eigenvalue weighted by Crippen LogP contribution is 2.15. The highest BCUT2D eigenvalue weighted by molar-refractivity contribution is 5.15. The van der Waals surface area contributed by atoms with Crippen molar-refractivity contribution in [3.05, 3.63) is 36.0 Å². The van der Waals surface area contributed by atoms with Crippen LogP contribution in [0, 0.1) is 0 Å². The van der Waals surface area contributed by atoms with Gasteiger partial charge in [0.1, 0.15) is 0 Å². The van der Waals surface area contributed by atoms with Crippen LogP contribution in [0.5, 0.6) is 0 Å². The number of hydrogen-bond acceptors (Lipinski definition) is 1.